The third kappa shape index (κ3) is 4.06. The topological polar surface area (TPSA) is 107 Å². The lowest BCUT2D eigenvalue weighted by Crippen LogP contribution is -2.44. The third-order valence-electron chi connectivity index (χ3n) is 3.21. The molecule has 0 aliphatic carbocycles. The van der Waals surface area contributed by atoms with Gasteiger partial charge in [0.1, 0.15) is 6.04 Å². The standard InChI is InChI=1S/C12H18N4O3/c17-11(5-8-2-1-3-14-8)16-10(12(18)19)4-9-6-13-7-15-9/h6-8,10,14H,1-5H2,(H,13,15)(H,16,17)(H,18,19)/t8?,10-/m1/s1. The molecule has 1 aliphatic rings. The van der Waals surface area contributed by atoms with Crippen molar-refractivity contribution in [1.29, 1.82) is 0 Å². The van der Waals surface area contributed by atoms with Gasteiger partial charge in [-0.2, -0.15) is 0 Å². The molecule has 0 aromatic carbocycles. The predicted octanol–water partition coefficient (Wildman–Crippen LogP) is -0.336. The van der Waals surface area contributed by atoms with Crippen LogP contribution in [-0.2, 0) is 16.0 Å². The summed E-state index contributed by atoms with van der Waals surface area (Å²) in [5, 5.41) is 14.9. The van der Waals surface area contributed by atoms with E-state index in [-0.39, 0.29) is 18.4 Å². The van der Waals surface area contributed by atoms with Gasteiger partial charge in [-0.25, -0.2) is 9.78 Å². The fourth-order valence-electron chi connectivity index (χ4n) is 2.22. The number of H-pyrrole nitrogens is 1. The SMILES string of the molecule is O=C(CC1CCCN1)N[C@H](Cc1cnc[nH]1)C(=O)O. The van der Waals surface area contributed by atoms with Crippen molar-refractivity contribution in [2.75, 3.05) is 6.54 Å². The predicted molar refractivity (Wildman–Crippen MR) is 67.5 cm³/mol. The number of nitrogens with one attached hydrogen (secondary N) is 3. The van der Waals surface area contributed by atoms with Crippen LogP contribution in [0.2, 0.25) is 0 Å². The Labute approximate surface area is 110 Å². The maximum absolute atomic E-state index is 11.8. The first kappa shape index (κ1) is 13.5. The summed E-state index contributed by atoms with van der Waals surface area (Å²) < 4.78 is 0. The number of aliphatic carboxylic acids is 1. The summed E-state index contributed by atoms with van der Waals surface area (Å²) in [6.45, 7) is 0.925. The van der Waals surface area contributed by atoms with Crippen molar-refractivity contribution in [1.82, 2.24) is 20.6 Å². The van der Waals surface area contributed by atoms with Crippen LogP contribution in [0, 0.1) is 0 Å². The Morgan fingerprint density at radius 1 is 1.58 bits per heavy atom. The highest BCUT2D eigenvalue weighted by Gasteiger charge is 2.23. The summed E-state index contributed by atoms with van der Waals surface area (Å²) in [5.41, 5.74) is 0.687. The smallest absolute Gasteiger partial charge is 0.326 e. The molecule has 19 heavy (non-hydrogen) atoms. The lowest BCUT2D eigenvalue weighted by molar-refractivity contribution is -0.141. The molecule has 7 heteroatoms. The van der Waals surface area contributed by atoms with Gasteiger partial charge >= 0.3 is 5.97 Å². The van der Waals surface area contributed by atoms with Gasteiger partial charge in [0.15, 0.2) is 0 Å². The average Bonchev–Trinajstić information content (AvgIpc) is 3.00. The third-order valence-corrected chi connectivity index (χ3v) is 3.21. The largest absolute Gasteiger partial charge is 0.480 e. The van der Waals surface area contributed by atoms with Crippen LogP contribution in [0.5, 0.6) is 0 Å². The van der Waals surface area contributed by atoms with Crippen molar-refractivity contribution in [3.63, 3.8) is 0 Å². The second-order valence-electron chi connectivity index (χ2n) is 4.74. The molecular formula is C12H18N4O3. The first-order valence-electron chi connectivity index (χ1n) is 6.38. The highest BCUT2D eigenvalue weighted by Crippen LogP contribution is 2.09. The first-order valence-corrected chi connectivity index (χ1v) is 6.38. The molecule has 4 N–H and O–H groups in total. The number of rotatable bonds is 6. The Balaban J connectivity index is 1.85. The molecule has 1 saturated heterocycles. The highest BCUT2D eigenvalue weighted by atomic mass is 16.4. The number of imidazole rings is 1. The Morgan fingerprint density at radius 2 is 2.42 bits per heavy atom. The van der Waals surface area contributed by atoms with E-state index in [2.05, 4.69) is 20.6 Å². The van der Waals surface area contributed by atoms with Crippen LogP contribution in [0.3, 0.4) is 0 Å². The molecule has 1 amide bonds. The lowest BCUT2D eigenvalue weighted by Gasteiger charge is -2.15. The number of carboxylic acids is 1. The number of nitrogens with zero attached hydrogens (tertiary/aromatic N) is 1. The number of carbonyl (C=O) groups excluding carboxylic acids is 1. The summed E-state index contributed by atoms with van der Waals surface area (Å²) in [6.07, 6.45) is 5.60. The molecule has 104 valence electrons. The number of carboxylic acid groups (broad SMARTS) is 1. The lowest BCUT2D eigenvalue weighted by atomic mass is 10.1. The summed E-state index contributed by atoms with van der Waals surface area (Å²) in [4.78, 5) is 29.6. The molecule has 2 rings (SSSR count). The minimum Gasteiger partial charge on any atom is -0.480 e. The Hall–Kier alpha value is -1.89. The van der Waals surface area contributed by atoms with Crippen molar-refractivity contribution in [2.45, 2.75) is 37.8 Å². The van der Waals surface area contributed by atoms with E-state index in [1.807, 2.05) is 0 Å². The molecule has 1 aliphatic heterocycles. The molecule has 1 aromatic heterocycles. The number of hydrogen-bond acceptors (Lipinski definition) is 4. The molecular weight excluding hydrogens is 248 g/mol. The fraction of sp³-hybridized carbons (Fsp3) is 0.583. The van der Waals surface area contributed by atoms with Gasteiger partial charge in [0.2, 0.25) is 5.91 Å². The molecule has 0 radical (unpaired) electrons. The number of hydrogen-bond donors (Lipinski definition) is 4. The normalized spacial score (nSPS) is 20.1. The minimum absolute atomic E-state index is 0.168. The molecule has 1 fully saturated rings. The maximum atomic E-state index is 11.8. The van der Waals surface area contributed by atoms with Crippen LogP contribution in [0.1, 0.15) is 25.0 Å². The zero-order valence-corrected chi connectivity index (χ0v) is 10.6. The van der Waals surface area contributed by atoms with Crippen molar-refractivity contribution in [3.05, 3.63) is 18.2 Å². The molecule has 1 aromatic rings. The summed E-state index contributed by atoms with van der Waals surface area (Å²) in [6, 6.07) is -0.754. The van der Waals surface area contributed by atoms with E-state index in [0.29, 0.717) is 12.1 Å². The van der Waals surface area contributed by atoms with E-state index in [1.165, 1.54) is 6.33 Å². The van der Waals surface area contributed by atoms with E-state index >= 15 is 0 Å². The van der Waals surface area contributed by atoms with Crippen LogP contribution in [0.4, 0.5) is 0 Å². The van der Waals surface area contributed by atoms with Crippen LogP contribution in [0.25, 0.3) is 0 Å². The van der Waals surface area contributed by atoms with E-state index in [0.717, 1.165) is 19.4 Å². The van der Waals surface area contributed by atoms with E-state index in [9.17, 15) is 9.59 Å². The van der Waals surface area contributed by atoms with Gasteiger partial charge in [-0.1, -0.05) is 0 Å². The van der Waals surface area contributed by atoms with E-state index in [4.69, 9.17) is 5.11 Å². The molecule has 0 spiro atoms. The molecule has 2 atom stereocenters. The summed E-state index contributed by atoms with van der Waals surface area (Å²) in [5.74, 6) is -1.27. The second kappa shape index (κ2) is 6.33. The summed E-state index contributed by atoms with van der Waals surface area (Å²) >= 11 is 0. The quantitative estimate of drug-likeness (QED) is 0.563. The van der Waals surface area contributed by atoms with Crippen molar-refractivity contribution in [2.24, 2.45) is 0 Å². The van der Waals surface area contributed by atoms with Gasteiger partial charge in [0.05, 0.1) is 6.33 Å². The van der Waals surface area contributed by atoms with Crippen LogP contribution in [0.15, 0.2) is 12.5 Å². The Morgan fingerprint density at radius 3 is 3.00 bits per heavy atom. The van der Waals surface area contributed by atoms with Gasteiger partial charge in [0.25, 0.3) is 0 Å². The van der Waals surface area contributed by atoms with Crippen LogP contribution >= 0.6 is 0 Å². The van der Waals surface area contributed by atoms with E-state index in [1.54, 1.807) is 6.20 Å². The number of aromatic nitrogens is 2. The van der Waals surface area contributed by atoms with Gasteiger partial charge < -0.3 is 20.7 Å². The second-order valence-corrected chi connectivity index (χ2v) is 4.74. The number of carbonyl (C=O) groups is 2. The van der Waals surface area contributed by atoms with Crippen LogP contribution < -0.4 is 10.6 Å². The summed E-state index contributed by atoms with van der Waals surface area (Å²) in [7, 11) is 0. The van der Waals surface area contributed by atoms with Gasteiger partial charge in [0, 0.05) is 30.8 Å². The molecule has 0 saturated carbocycles. The van der Waals surface area contributed by atoms with Crippen molar-refractivity contribution >= 4 is 11.9 Å². The Bertz CT molecular complexity index is 426. The van der Waals surface area contributed by atoms with Gasteiger partial charge in [-0.3, -0.25) is 4.79 Å². The zero-order valence-electron chi connectivity index (χ0n) is 10.6. The highest BCUT2D eigenvalue weighted by molar-refractivity contribution is 5.84. The molecule has 7 nitrogen and oxygen atoms in total. The monoisotopic (exact) mass is 266 g/mol. The fourth-order valence-corrected chi connectivity index (χ4v) is 2.22. The minimum atomic E-state index is -1.04. The molecule has 1 unspecified atom stereocenters. The van der Waals surface area contributed by atoms with Crippen molar-refractivity contribution in [3.8, 4) is 0 Å². The van der Waals surface area contributed by atoms with Gasteiger partial charge in [-0.15, -0.1) is 0 Å². The zero-order chi connectivity index (χ0) is 13.7. The van der Waals surface area contributed by atoms with Crippen molar-refractivity contribution < 1.29 is 14.7 Å². The molecule has 2 heterocycles. The maximum Gasteiger partial charge on any atom is 0.326 e. The number of aromatic amines is 1. The van der Waals surface area contributed by atoms with E-state index < -0.39 is 12.0 Å². The first-order chi connectivity index (χ1) is 9.15. The van der Waals surface area contributed by atoms with Gasteiger partial charge in [-0.05, 0) is 19.4 Å². The number of amides is 1. The Kier molecular flexibility index (Phi) is 4.51. The average molecular weight is 266 g/mol. The van der Waals surface area contributed by atoms with Crippen LogP contribution in [-0.4, -0.2) is 45.6 Å². The molecule has 0 bridgehead atoms.